The standard InChI is InChI=1S/C20H22F2N11O10PS/c21-8-12-6(40-18(8)32-4-27-10-14(23)25-3-26-15(10)32)1-29-45(37,38)43-13-7(2-39-44(35,36)42-12)41-19(9(13)22)33-5-28-11-16(33)30-20(24)31-17(11)34/h3-9,12-13,18-19,29H,1-2H2,(H,35,36)(H2,23,25,26)(H3,24,30,31,34). The third kappa shape index (κ3) is 5.22. The largest absolute Gasteiger partial charge is 0.472 e. The zero-order valence-corrected chi connectivity index (χ0v) is 24.0. The summed E-state index contributed by atoms with van der Waals surface area (Å²) in [7, 11) is -9.99. The number of aromatic amines is 1. The van der Waals surface area contributed by atoms with Gasteiger partial charge in [-0.25, -0.2) is 37.5 Å². The van der Waals surface area contributed by atoms with Crippen molar-refractivity contribution in [3.63, 3.8) is 0 Å². The number of anilines is 2. The molecular formula is C20H22F2N11O10PS. The van der Waals surface area contributed by atoms with Gasteiger partial charge in [0.1, 0.15) is 36.3 Å². The van der Waals surface area contributed by atoms with Gasteiger partial charge in [0.15, 0.2) is 47.4 Å². The summed E-state index contributed by atoms with van der Waals surface area (Å²) in [5.74, 6) is -0.330. The molecule has 3 saturated heterocycles. The molecule has 21 nitrogen and oxygen atoms in total. The van der Waals surface area contributed by atoms with Crippen molar-refractivity contribution in [2.24, 2.45) is 0 Å². The molecule has 45 heavy (non-hydrogen) atoms. The van der Waals surface area contributed by atoms with E-state index in [-0.39, 0.29) is 34.1 Å². The van der Waals surface area contributed by atoms with Crippen LogP contribution in [0.3, 0.4) is 0 Å². The van der Waals surface area contributed by atoms with Crippen molar-refractivity contribution in [2.75, 3.05) is 24.6 Å². The van der Waals surface area contributed by atoms with Crippen LogP contribution in [-0.4, -0.2) is 102 Å². The second kappa shape index (κ2) is 10.7. The third-order valence-corrected chi connectivity index (χ3v) is 9.26. The van der Waals surface area contributed by atoms with Gasteiger partial charge >= 0.3 is 18.1 Å². The number of halogens is 2. The lowest BCUT2D eigenvalue weighted by molar-refractivity contribution is -0.0496. The highest BCUT2D eigenvalue weighted by molar-refractivity contribution is 7.84. The first kappa shape index (κ1) is 29.9. The quantitative estimate of drug-likeness (QED) is 0.148. The third-order valence-electron chi connectivity index (χ3n) is 7.28. The van der Waals surface area contributed by atoms with Crippen molar-refractivity contribution >= 4 is 52.2 Å². The van der Waals surface area contributed by atoms with Crippen LogP contribution in [0.5, 0.6) is 0 Å². The number of ether oxygens (including phenoxy) is 2. The van der Waals surface area contributed by atoms with Crippen molar-refractivity contribution in [3.8, 4) is 0 Å². The van der Waals surface area contributed by atoms with Crippen LogP contribution in [0.15, 0.2) is 23.8 Å². The highest BCUT2D eigenvalue weighted by atomic mass is 32.2. The van der Waals surface area contributed by atoms with E-state index in [0.29, 0.717) is 0 Å². The average molecular weight is 677 g/mol. The summed E-state index contributed by atoms with van der Waals surface area (Å²) >= 11 is 0. The van der Waals surface area contributed by atoms with E-state index in [1.165, 1.54) is 0 Å². The number of fused-ring (bicyclic) bond motifs is 4. The highest BCUT2D eigenvalue weighted by Gasteiger charge is 2.54. The normalized spacial score (nSPS) is 35.5. The molecule has 9 unspecified atom stereocenters. The van der Waals surface area contributed by atoms with Gasteiger partial charge in [-0.05, 0) is 0 Å². The summed E-state index contributed by atoms with van der Waals surface area (Å²) in [6, 6.07) is 0. The van der Waals surface area contributed by atoms with Gasteiger partial charge in [0.25, 0.3) is 5.56 Å². The smallest absolute Gasteiger partial charge is 0.382 e. The molecular weight excluding hydrogens is 655 g/mol. The number of aromatic nitrogens is 8. The molecule has 7 rings (SSSR count). The topological polar surface area (TPSA) is 289 Å². The minimum Gasteiger partial charge on any atom is -0.382 e. The maximum atomic E-state index is 15.9. The van der Waals surface area contributed by atoms with E-state index in [2.05, 4.69) is 29.9 Å². The summed E-state index contributed by atoms with van der Waals surface area (Å²) in [5, 5.41) is 0. The Labute approximate surface area is 248 Å². The molecule has 0 aliphatic carbocycles. The number of nitrogen functional groups attached to an aromatic ring is 2. The Bertz CT molecular complexity index is 2010. The Balaban J connectivity index is 1.17. The summed E-state index contributed by atoms with van der Waals surface area (Å²) in [4.78, 5) is 44.5. The maximum Gasteiger partial charge on any atom is 0.472 e. The van der Waals surface area contributed by atoms with Crippen molar-refractivity contribution in [1.29, 1.82) is 0 Å². The summed E-state index contributed by atoms with van der Waals surface area (Å²) < 4.78 is 101. The van der Waals surface area contributed by atoms with Crippen LogP contribution in [0.1, 0.15) is 12.5 Å². The van der Waals surface area contributed by atoms with E-state index >= 15 is 8.78 Å². The molecule has 4 aromatic heterocycles. The first-order valence-electron chi connectivity index (χ1n) is 12.9. The number of phosphoric ester groups is 1. The van der Waals surface area contributed by atoms with Gasteiger partial charge in [-0.15, -0.1) is 0 Å². The molecule has 242 valence electrons. The molecule has 0 saturated carbocycles. The zero-order valence-electron chi connectivity index (χ0n) is 22.3. The summed E-state index contributed by atoms with van der Waals surface area (Å²) in [6.45, 7) is -1.72. The number of imidazole rings is 2. The van der Waals surface area contributed by atoms with Crippen molar-refractivity contribution in [3.05, 3.63) is 29.3 Å². The molecule has 3 aliphatic heterocycles. The number of nitrogens with two attached hydrogens (primary N) is 2. The molecule has 7 heterocycles. The average Bonchev–Trinajstić information content (AvgIpc) is 3.72. The molecule has 9 atom stereocenters. The van der Waals surface area contributed by atoms with Crippen LogP contribution in [-0.2, 0) is 37.6 Å². The van der Waals surface area contributed by atoms with Gasteiger partial charge in [0.05, 0.1) is 19.3 Å². The second-order valence-corrected chi connectivity index (χ2v) is 12.9. The maximum absolute atomic E-state index is 15.9. The minimum atomic E-state index is -5.16. The fraction of sp³-hybridized carbons (Fsp3) is 0.500. The monoisotopic (exact) mass is 677 g/mol. The summed E-state index contributed by atoms with van der Waals surface area (Å²) in [6.07, 6.45) is -11.6. The van der Waals surface area contributed by atoms with Gasteiger partial charge in [-0.1, -0.05) is 0 Å². The Morgan fingerprint density at radius 3 is 2.40 bits per heavy atom. The van der Waals surface area contributed by atoms with Crippen LogP contribution < -0.4 is 21.7 Å². The summed E-state index contributed by atoms with van der Waals surface area (Å²) in [5.41, 5.74) is 10.4. The minimum absolute atomic E-state index is 0.00971. The number of phosphoric acid groups is 1. The fourth-order valence-electron chi connectivity index (χ4n) is 5.28. The zero-order chi connectivity index (χ0) is 31.8. The van der Waals surface area contributed by atoms with E-state index < -0.39 is 86.1 Å². The molecule has 0 amide bonds. The predicted molar refractivity (Wildman–Crippen MR) is 142 cm³/mol. The number of hydrogen-bond donors (Lipinski definition) is 5. The van der Waals surface area contributed by atoms with Crippen LogP contribution >= 0.6 is 7.82 Å². The number of hydrogen-bond acceptors (Lipinski definition) is 16. The number of nitrogens with one attached hydrogen (secondary N) is 2. The van der Waals surface area contributed by atoms with Crippen LogP contribution in [0.25, 0.3) is 22.3 Å². The van der Waals surface area contributed by atoms with E-state index in [4.69, 9.17) is 34.2 Å². The Morgan fingerprint density at radius 1 is 0.978 bits per heavy atom. The van der Waals surface area contributed by atoms with E-state index in [1.807, 2.05) is 4.72 Å². The highest BCUT2D eigenvalue weighted by Crippen LogP contribution is 2.50. The van der Waals surface area contributed by atoms with Gasteiger partial charge in [-0.3, -0.25) is 28.0 Å². The predicted octanol–water partition coefficient (Wildman–Crippen LogP) is -1.67. The van der Waals surface area contributed by atoms with Crippen LogP contribution in [0.4, 0.5) is 20.5 Å². The molecule has 0 bridgehead atoms. The Kier molecular flexibility index (Phi) is 7.10. The SMILES string of the molecule is Nc1nc2c(ncn2C2OC3COP(=O)(O)OC4C(CNS(=O)(=O)OC3C2F)OC(n2cnc3c(N)ncnc32)C4F)c(=O)[nH]1. The van der Waals surface area contributed by atoms with Gasteiger partial charge < -0.3 is 25.8 Å². The van der Waals surface area contributed by atoms with Gasteiger partial charge in [-0.2, -0.15) is 18.1 Å². The Morgan fingerprint density at radius 2 is 1.64 bits per heavy atom. The molecule has 0 spiro atoms. The fourth-order valence-corrected chi connectivity index (χ4v) is 7.19. The molecule has 0 aromatic carbocycles. The lowest BCUT2D eigenvalue weighted by Crippen LogP contribution is -2.45. The van der Waals surface area contributed by atoms with Gasteiger partial charge in [0, 0.05) is 6.54 Å². The molecule has 3 fully saturated rings. The number of rotatable bonds is 2. The van der Waals surface area contributed by atoms with Crippen molar-refractivity contribution in [1.82, 2.24) is 43.8 Å². The van der Waals surface area contributed by atoms with Crippen molar-refractivity contribution < 1.29 is 49.4 Å². The first-order valence-corrected chi connectivity index (χ1v) is 15.8. The van der Waals surface area contributed by atoms with Crippen LogP contribution in [0.2, 0.25) is 0 Å². The molecule has 4 aromatic rings. The molecule has 3 aliphatic rings. The van der Waals surface area contributed by atoms with E-state index in [0.717, 1.165) is 28.1 Å². The van der Waals surface area contributed by atoms with Crippen molar-refractivity contribution in [2.45, 2.75) is 49.2 Å². The second-order valence-electron chi connectivity index (χ2n) is 10.1. The Hall–Kier alpha value is -3.74. The molecule has 0 radical (unpaired) electrons. The van der Waals surface area contributed by atoms with Gasteiger partial charge in [0.2, 0.25) is 5.95 Å². The number of H-pyrrole nitrogens is 1. The number of alkyl halides is 2. The lowest BCUT2D eigenvalue weighted by atomic mass is 10.1. The van der Waals surface area contributed by atoms with E-state index in [1.54, 1.807) is 0 Å². The lowest BCUT2D eigenvalue weighted by Gasteiger charge is -2.26. The molecule has 7 N–H and O–H groups in total. The molecule has 25 heteroatoms. The van der Waals surface area contributed by atoms with E-state index in [9.17, 15) is 22.7 Å². The van der Waals surface area contributed by atoms with Crippen LogP contribution in [0, 0.1) is 0 Å². The first-order chi connectivity index (χ1) is 21.3. The number of nitrogens with zero attached hydrogens (tertiary/aromatic N) is 7.